The lowest BCUT2D eigenvalue weighted by Crippen LogP contribution is -2.28. The van der Waals surface area contributed by atoms with Crippen molar-refractivity contribution >= 4 is 17.9 Å². The quantitative estimate of drug-likeness (QED) is 0.102. The molecule has 3 aromatic rings. The van der Waals surface area contributed by atoms with Crippen LogP contribution in [0.2, 0.25) is 0 Å². The molecule has 2 aliphatic rings. The number of rotatable bonds is 15. The molecule has 0 saturated carbocycles. The van der Waals surface area contributed by atoms with Gasteiger partial charge in [-0.05, 0) is 116 Å². The molecule has 0 saturated heterocycles. The number of fused-ring (bicyclic) bond motifs is 2. The highest BCUT2D eigenvalue weighted by molar-refractivity contribution is 5.93. The van der Waals surface area contributed by atoms with Crippen molar-refractivity contribution < 1.29 is 33.7 Å². The van der Waals surface area contributed by atoms with Gasteiger partial charge in [0, 0.05) is 0 Å². The number of aromatic carboxylic acids is 1. The Kier molecular flexibility index (Phi) is 11.9. The number of hydrogen-bond acceptors (Lipinski definition) is 6. The number of benzene rings is 3. The molecular weight excluding hydrogens is 580 g/mol. The largest absolute Gasteiger partial charge is 0.494 e. The number of unbranched alkanes of at least 4 members (excludes halogenated alkanes) is 7. The van der Waals surface area contributed by atoms with Gasteiger partial charge in [-0.2, -0.15) is 0 Å². The highest BCUT2D eigenvalue weighted by Gasteiger charge is 2.30. The maximum atomic E-state index is 13.3. The molecule has 244 valence electrons. The second kappa shape index (κ2) is 16.4. The van der Waals surface area contributed by atoms with Gasteiger partial charge < -0.3 is 19.3 Å². The van der Waals surface area contributed by atoms with Crippen LogP contribution in [0.25, 0.3) is 0 Å². The number of aryl methyl sites for hydroxylation is 2. The molecule has 2 aliphatic carbocycles. The van der Waals surface area contributed by atoms with Crippen molar-refractivity contribution in [3.63, 3.8) is 0 Å². The molecule has 0 aliphatic heterocycles. The fourth-order valence-electron chi connectivity index (χ4n) is 6.54. The second-order valence-corrected chi connectivity index (χ2v) is 12.6. The van der Waals surface area contributed by atoms with Gasteiger partial charge >= 0.3 is 17.9 Å². The summed E-state index contributed by atoms with van der Waals surface area (Å²) in [6, 6.07) is 16.0. The first-order valence-corrected chi connectivity index (χ1v) is 17.1. The fourth-order valence-corrected chi connectivity index (χ4v) is 6.54. The first kappa shape index (κ1) is 33.2. The van der Waals surface area contributed by atoms with E-state index in [1.807, 2.05) is 18.2 Å². The number of ether oxygens (including phenoxy) is 3. The molecule has 3 aromatic carbocycles. The summed E-state index contributed by atoms with van der Waals surface area (Å²) in [5.41, 5.74) is 4.43. The van der Waals surface area contributed by atoms with E-state index >= 15 is 0 Å². The molecule has 5 rings (SSSR count). The van der Waals surface area contributed by atoms with Crippen molar-refractivity contribution in [2.75, 3.05) is 6.61 Å². The van der Waals surface area contributed by atoms with Gasteiger partial charge in [0.05, 0.1) is 18.1 Å². The molecular formula is C39H46O7. The third-order valence-corrected chi connectivity index (χ3v) is 9.22. The second-order valence-electron chi connectivity index (χ2n) is 12.6. The van der Waals surface area contributed by atoms with E-state index in [0.717, 1.165) is 53.7 Å². The SMILES string of the molecule is CCCCCCCCCCOc1ccc(C(=O)Oc2ccc3c(c2)CCC(C(=O)Oc2c(C(=O)O)ccc4c2CCCC4)C3)cc1. The number of carboxylic acids is 1. The smallest absolute Gasteiger partial charge is 0.343 e. The van der Waals surface area contributed by atoms with Crippen molar-refractivity contribution in [1.82, 2.24) is 0 Å². The van der Waals surface area contributed by atoms with Crippen LogP contribution >= 0.6 is 0 Å². The van der Waals surface area contributed by atoms with Crippen LogP contribution in [0.4, 0.5) is 0 Å². The normalized spacial score (nSPS) is 15.4. The van der Waals surface area contributed by atoms with Crippen LogP contribution in [0.5, 0.6) is 17.2 Å². The average molecular weight is 627 g/mol. The first-order chi connectivity index (χ1) is 22.4. The van der Waals surface area contributed by atoms with Gasteiger partial charge in [0.1, 0.15) is 22.8 Å². The fraction of sp³-hybridized carbons (Fsp3) is 0.462. The number of hydrogen-bond donors (Lipinski definition) is 1. The summed E-state index contributed by atoms with van der Waals surface area (Å²) >= 11 is 0. The van der Waals surface area contributed by atoms with Crippen LogP contribution in [0, 0.1) is 5.92 Å². The molecule has 1 unspecified atom stereocenters. The molecule has 0 heterocycles. The highest BCUT2D eigenvalue weighted by atomic mass is 16.5. The predicted molar refractivity (Wildman–Crippen MR) is 177 cm³/mol. The molecule has 7 nitrogen and oxygen atoms in total. The molecule has 0 radical (unpaired) electrons. The van der Waals surface area contributed by atoms with Crippen LogP contribution in [0.15, 0.2) is 54.6 Å². The summed E-state index contributed by atoms with van der Waals surface area (Å²) in [4.78, 5) is 38.0. The third kappa shape index (κ3) is 8.77. The van der Waals surface area contributed by atoms with Crippen LogP contribution in [0.3, 0.4) is 0 Å². The number of esters is 2. The number of carbonyl (C=O) groups is 3. The zero-order valence-corrected chi connectivity index (χ0v) is 27.0. The van der Waals surface area contributed by atoms with Crippen LogP contribution in [0.1, 0.15) is 121 Å². The number of carbonyl (C=O) groups excluding carboxylic acids is 2. The van der Waals surface area contributed by atoms with Gasteiger partial charge in [-0.3, -0.25) is 4.79 Å². The summed E-state index contributed by atoms with van der Waals surface area (Å²) in [7, 11) is 0. The lowest BCUT2D eigenvalue weighted by Gasteiger charge is -2.25. The molecule has 0 amide bonds. The monoisotopic (exact) mass is 626 g/mol. The molecule has 0 spiro atoms. The Bertz CT molecular complexity index is 1510. The van der Waals surface area contributed by atoms with E-state index in [1.54, 1.807) is 36.4 Å². The van der Waals surface area contributed by atoms with E-state index in [4.69, 9.17) is 14.2 Å². The molecule has 0 bridgehead atoms. The minimum absolute atomic E-state index is 0.0395. The maximum absolute atomic E-state index is 13.3. The third-order valence-electron chi connectivity index (χ3n) is 9.22. The Hall–Kier alpha value is -4.13. The van der Waals surface area contributed by atoms with Crippen LogP contribution in [-0.4, -0.2) is 29.6 Å². The molecule has 0 fully saturated rings. The van der Waals surface area contributed by atoms with Crippen molar-refractivity contribution in [2.24, 2.45) is 5.92 Å². The molecule has 1 atom stereocenters. The summed E-state index contributed by atoms with van der Waals surface area (Å²) in [5.74, 6) is -0.885. The van der Waals surface area contributed by atoms with Gasteiger partial charge in [0.25, 0.3) is 0 Å². The Balaban J connectivity index is 1.10. The lowest BCUT2D eigenvalue weighted by atomic mass is 9.83. The Morgan fingerprint density at radius 1 is 0.739 bits per heavy atom. The van der Waals surface area contributed by atoms with E-state index in [0.29, 0.717) is 43.6 Å². The Morgan fingerprint density at radius 3 is 2.20 bits per heavy atom. The zero-order valence-electron chi connectivity index (χ0n) is 27.0. The van der Waals surface area contributed by atoms with Crippen molar-refractivity contribution in [3.05, 3.63) is 88.0 Å². The molecule has 7 heteroatoms. The van der Waals surface area contributed by atoms with E-state index < -0.39 is 17.9 Å². The van der Waals surface area contributed by atoms with E-state index in [-0.39, 0.29) is 17.2 Å². The minimum Gasteiger partial charge on any atom is -0.494 e. The van der Waals surface area contributed by atoms with Gasteiger partial charge in [-0.1, -0.05) is 64.0 Å². The molecule has 0 aromatic heterocycles. The van der Waals surface area contributed by atoms with Crippen molar-refractivity contribution in [3.8, 4) is 17.2 Å². The van der Waals surface area contributed by atoms with Crippen molar-refractivity contribution in [2.45, 2.75) is 103 Å². The molecule has 46 heavy (non-hydrogen) atoms. The van der Waals surface area contributed by atoms with E-state index in [2.05, 4.69) is 6.92 Å². The van der Waals surface area contributed by atoms with Gasteiger partial charge in [-0.25, -0.2) is 9.59 Å². The minimum atomic E-state index is -1.09. The van der Waals surface area contributed by atoms with E-state index in [1.165, 1.54) is 44.9 Å². The Morgan fingerprint density at radius 2 is 1.43 bits per heavy atom. The van der Waals surface area contributed by atoms with Gasteiger partial charge in [0.2, 0.25) is 0 Å². The standard InChI is InChI=1S/C39H46O7/c1-2-3-4-5-6-7-8-11-24-44-32-20-16-28(17-21-32)38(42)45-33-22-18-29-25-31(15-14-30(29)26-33)39(43)46-36-34-13-10-9-12-27(34)19-23-35(36)37(40)41/h16-23,26,31H,2-15,24-25H2,1H3,(H,40,41). The predicted octanol–water partition coefficient (Wildman–Crippen LogP) is 8.71. The van der Waals surface area contributed by atoms with Crippen LogP contribution in [-0.2, 0) is 30.5 Å². The first-order valence-electron chi connectivity index (χ1n) is 17.1. The molecule has 1 N–H and O–H groups in total. The summed E-state index contributed by atoms with van der Waals surface area (Å²) in [6.45, 7) is 2.91. The summed E-state index contributed by atoms with van der Waals surface area (Å²) < 4.78 is 17.4. The van der Waals surface area contributed by atoms with Crippen molar-refractivity contribution in [1.29, 1.82) is 0 Å². The summed E-state index contributed by atoms with van der Waals surface area (Å²) in [5, 5.41) is 9.74. The average Bonchev–Trinajstić information content (AvgIpc) is 3.07. The van der Waals surface area contributed by atoms with E-state index in [9.17, 15) is 19.5 Å². The number of carboxylic acid groups (broad SMARTS) is 1. The lowest BCUT2D eigenvalue weighted by molar-refractivity contribution is -0.139. The Labute approximate surface area is 272 Å². The summed E-state index contributed by atoms with van der Waals surface area (Å²) in [6.07, 6.45) is 15.3. The van der Waals surface area contributed by atoms with Gasteiger partial charge in [-0.15, -0.1) is 0 Å². The van der Waals surface area contributed by atoms with Crippen LogP contribution < -0.4 is 14.2 Å². The maximum Gasteiger partial charge on any atom is 0.343 e. The highest BCUT2D eigenvalue weighted by Crippen LogP contribution is 2.35. The zero-order chi connectivity index (χ0) is 32.3. The topological polar surface area (TPSA) is 99.1 Å². The van der Waals surface area contributed by atoms with Gasteiger partial charge in [0.15, 0.2) is 0 Å².